The maximum atomic E-state index is 13.5. The van der Waals surface area contributed by atoms with Crippen molar-refractivity contribution in [1.29, 1.82) is 0 Å². The smallest absolute Gasteiger partial charge is 0.113 e. The fourth-order valence-electron chi connectivity index (χ4n) is 1.57. The molecule has 0 aromatic rings. The summed E-state index contributed by atoms with van der Waals surface area (Å²) in [4.78, 5) is 0. The Hall–Kier alpha value is -0.110. The summed E-state index contributed by atoms with van der Waals surface area (Å²) in [7, 11) is 0. The minimum atomic E-state index is -0.833. The van der Waals surface area contributed by atoms with Crippen molar-refractivity contribution in [2.75, 3.05) is 13.1 Å². The fraction of sp³-hybridized carbons (Fsp3) is 1.00. The highest BCUT2D eigenvalue weighted by atomic mass is 19.1. The third kappa shape index (κ3) is 4.05. The van der Waals surface area contributed by atoms with Crippen LogP contribution in [-0.4, -0.2) is 18.8 Å². The summed E-state index contributed by atoms with van der Waals surface area (Å²) in [6.45, 7) is 7.76. The number of piperidine rings is 1. The highest BCUT2D eigenvalue weighted by Gasteiger charge is 2.29. The number of alkyl halides is 1. The average molecular weight is 175 g/mol. The van der Waals surface area contributed by atoms with Crippen LogP contribution in [0.5, 0.6) is 0 Å². The second-order valence-corrected chi connectivity index (χ2v) is 3.15. The molecule has 74 valence electrons. The SMILES string of the molecule is CC.CCCC1(F)CCNCC1. The Morgan fingerprint density at radius 3 is 2.17 bits per heavy atom. The maximum Gasteiger partial charge on any atom is 0.113 e. The van der Waals surface area contributed by atoms with Crippen LogP contribution in [0, 0.1) is 0 Å². The van der Waals surface area contributed by atoms with Crippen LogP contribution in [0.3, 0.4) is 0 Å². The van der Waals surface area contributed by atoms with Crippen molar-refractivity contribution in [1.82, 2.24) is 5.32 Å². The predicted octanol–water partition coefficient (Wildman–Crippen LogP) is 2.90. The lowest BCUT2D eigenvalue weighted by Gasteiger charge is -2.29. The molecule has 1 nitrogen and oxygen atoms in total. The normalized spacial score (nSPS) is 21.0. The van der Waals surface area contributed by atoms with Crippen LogP contribution in [0.2, 0.25) is 0 Å². The first-order chi connectivity index (χ1) is 5.77. The van der Waals surface area contributed by atoms with Gasteiger partial charge in [0.15, 0.2) is 0 Å². The Morgan fingerprint density at radius 1 is 1.25 bits per heavy atom. The number of rotatable bonds is 2. The van der Waals surface area contributed by atoms with Crippen LogP contribution in [0.4, 0.5) is 4.39 Å². The molecule has 0 amide bonds. The zero-order chi connectivity index (χ0) is 9.45. The van der Waals surface area contributed by atoms with E-state index in [2.05, 4.69) is 5.32 Å². The van der Waals surface area contributed by atoms with E-state index in [-0.39, 0.29) is 0 Å². The van der Waals surface area contributed by atoms with E-state index in [1.807, 2.05) is 20.8 Å². The van der Waals surface area contributed by atoms with Gasteiger partial charge in [-0.1, -0.05) is 27.2 Å². The van der Waals surface area contributed by atoms with Gasteiger partial charge in [0, 0.05) is 0 Å². The van der Waals surface area contributed by atoms with Gasteiger partial charge in [-0.05, 0) is 32.4 Å². The van der Waals surface area contributed by atoms with E-state index in [0.29, 0.717) is 12.8 Å². The molecule has 0 atom stereocenters. The largest absolute Gasteiger partial charge is 0.316 e. The highest BCUT2D eigenvalue weighted by Crippen LogP contribution is 2.27. The molecule has 0 saturated carbocycles. The topological polar surface area (TPSA) is 12.0 Å². The van der Waals surface area contributed by atoms with Crippen LogP contribution >= 0.6 is 0 Å². The van der Waals surface area contributed by atoms with E-state index in [9.17, 15) is 4.39 Å². The lowest BCUT2D eigenvalue weighted by Crippen LogP contribution is -2.38. The van der Waals surface area contributed by atoms with Crippen molar-refractivity contribution < 1.29 is 4.39 Å². The van der Waals surface area contributed by atoms with E-state index < -0.39 is 5.67 Å². The molecular weight excluding hydrogens is 153 g/mol. The van der Waals surface area contributed by atoms with Crippen LogP contribution in [0.1, 0.15) is 46.5 Å². The molecule has 0 bridgehead atoms. The number of hydrogen-bond donors (Lipinski definition) is 1. The first kappa shape index (κ1) is 11.9. The predicted molar refractivity (Wildman–Crippen MR) is 52.2 cm³/mol. The second-order valence-electron chi connectivity index (χ2n) is 3.15. The monoisotopic (exact) mass is 175 g/mol. The minimum absolute atomic E-state index is 0.709. The lowest BCUT2D eigenvalue weighted by molar-refractivity contribution is 0.104. The number of hydrogen-bond acceptors (Lipinski definition) is 1. The van der Waals surface area contributed by atoms with Gasteiger partial charge >= 0.3 is 0 Å². The Morgan fingerprint density at radius 2 is 1.75 bits per heavy atom. The van der Waals surface area contributed by atoms with Crippen LogP contribution in [0.15, 0.2) is 0 Å². The zero-order valence-corrected chi connectivity index (χ0v) is 8.62. The fourth-order valence-corrected chi connectivity index (χ4v) is 1.57. The molecule has 1 rings (SSSR count). The van der Waals surface area contributed by atoms with Gasteiger partial charge in [0.2, 0.25) is 0 Å². The van der Waals surface area contributed by atoms with Crippen molar-refractivity contribution in [3.05, 3.63) is 0 Å². The van der Waals surface area contributed by atoms with Crippen molar-refractivity contribution in [3.8, 4) is 0 Å². The minimum Gasteiger partial charge on any atom is -0.316 e. The molecule has 0 aromatic carbocycles. The highest BCUT2D eigenvalue weighted by molar-refractivity contribution is 4.83. The molecule has 1 saturated heterocycles. The van der Waals surface area contributed by atoms with Crippen LogP contribution in [-0.2, 0) is 0 Å². The molecular formula is C10H22FN. The lowest BCUT2D eigenvalue weighted by atomic mass is 9.90. The zero-order valence-electron chi connectivity index (χ0n) is 8.62. The summed E-state index contributed by atoms with van der Waals surface area (Å²) < 4.78 is 13.5. The molecule has 1 heterocycles. The van der Waals surface area contributed by atoms with E-state index in [0.717, 1.165) is 25.9 Å². The average Bonchev–Trinajstić information content (AvgIpc) is 2.09. The summed E-state index contributed by atoms with van der Waals surface area (Å²) in [5.74, 6) is 0. The van der Waals surface area contributed by atoms with Gasteiger partial charge in [0.1, 0.15) is 5.67 Å². The molecule has 1 fully saturated rings. The Balaban J connectivity index is 0.000000561. The molecule has 1 aliphatic heterocycles. The summed E-state index contributed by atoms with van der Waals surface area (Å²) in [6.07, 6.45) is 3.13. The van der Waals surface area contributed by atoms with Crippen LogP contribution in [0.25, 0.3) is 0 Å². The molecule has 2 heteroatoms. The summed E-state index contributed by atoms with van der Waals surface area (Å²) in [5.41, 5.74) is -0.833. The van der Waals surface area contributed by atoms with E-state index >= 15 is 0 Å². The first-order valence-electron chi connectivity index (χ1n) is 5.16. The van der Waals surface area contributed by atoms with Gasteiger partial charge in [-0.3, -0.25) is 0 Å². The van der Waals surface area contributed by atoms with Gasteiger partial charge < -0.3 is 5.32 Å². The maximum absolute atomic E-state index is 13.5. The van der Waals surface area contributed by atoms with Gasteiger partial charge in [-0.2, -0.15) is 0 Å². The summed E-state index contributed by atoms with van der Waals surface area (Å²) in [5, 5.41) is 3.16. The number of halogens is 1. The van der Waals surface area contributed by atoms with Gasteiger partial charge in [0.25, 0.3) is 0 Å². The van der Waals surface area contributed by atoms with Gasteiger partial charge in [0.05, 0.1) is 0 Å². The molecule has 1 aliphatic rings. The van der Waals surface area contributed by atoms with Crippen molar-refractivity contribution >= 4 is 0 Å². The molecule has 0 aliphatic carbocycles. The molecule has 1 N–H and O–H groups in total. The third-order valence-corrected chi connectivity index (χ3v) is 2.20. The molecule has 0 aromatic heterocycles. The number of nitrogens with one attached hydrogen (secondary N) is 1. The molecule has 0 unspecified atom stereocenters. The van der Waals surface area contributed by atoms with Gasteiger partial charge in [-0.15, -0.1) is 0 Å². The van der Waals surface area contributed by atoms with E-state index in [1.165, 1.54) is 0 Å². The van der Waals surface area contributed by atoms with Crippen molar-refractivity contribution in [3.63, 3.8) is 0 Å². The first-order valence-corrected chi connectivity index (χ1v) is 5.16. The van der Waals surface area contributed by atoms with Crippen molar-refractivity contribution in [2.24, 2.45) is 0 Å². The standard InChI is InChI=1S/C8H16FN.C2H6/c1-2-3-8(9)4-6-10-7-5-8;1-2/h10H,2-7H2,1H3;1-2H3. The Bertz CT molecular complexity index is 92.5. The third-order valence-electron chi connectivity index (χ3n) is 2.20. The van der Waals surface area contributed by atoms with Crippen molar-refractivity contribution in [2.45, 2.75) is 52.1 Å². The summed E-state index contributed by atoms with van der Waals surface area (Å²) >= 11 is 0. The second kappa shape index (κ2) is 6.41. The quantitative estimate of drug-likeness (QED) is 0.680. The Kier molecular flexibility index (Phi) is 6.35. The molecule has 0 radical (unpaired) electrons. The Labute approximate surface area is 75.7 Å². The molecule has 0 spiro atoms. The molecule has 12 heavy (non-hydrogen) atoms. The van der Waals surface area contributed by atoms with E-state index in [1.54, 1.807) is 0 Å². The summed E-state index contributed by atoms with van der Waals surface area (Å²) in [6, 6.07) is 0. The van der Waals surface area contributed by atoms with Gasteiger partial charge in [-0.25, -0.2) is 4.39 Å². The van der Waals surface area contributed by atoms with E-state index in [4.69, 9.17) is 0 Å². The van der Waals surface area contributed by atoms with Crippen LogP contribution < -0.4 is 5.32 Å².